The van der Waals surface area contributed by atoms with Gasteiger partial charge in [0.1, 0.15) is 11.3 Å². The zero-order valence-electron chi connectivity index (χ0n) is 14.8. The van der Waals surface area contributed by atoms with Crippen LogP contribution in [-0.2, 0) is 9.53 Å². The SMILES string of the molecule is Cc1ccc(NC(=O)[C@H](OC(=O)c2ccccc2O)c2ccccc2)cc1. The van der Waals surface area contributed by atoms with E-state index >= 15 is 0 Å². The molecule has 0 aromatic heterocycles. The second-order valence-corrected chi connectivity index (χ2v) is 6.07. The van der Waals surface area contributed by atoms with Gasteiger partial charge >= 0.3 is 5.97 Å². The Morgan fingerprint density at radius 3 is 2.19 bits per heavy atom. The largest absolute Gasteiger partial charge is 0.507 e. The van der Waals surface area contributed by atoms with E-state index in [9.17, 15) is 14.7 Å². The summed E-state index contributed by atoms with van der Waals surface area (Å²) in [5.41, 5.74) is 2.20. The quantitative estimate of drug-likeness (QED) is 0.667. The first-order valence-electron chi connectivity index (χ1n) is 8.46. The number of carbonyl (C=O) groups is 2. The van der Waals surface area contributed by atoms with Gasteiger partial charge in [0.2, 0.25) is 6.10 Å². The van der Waals surface area contributed by atoms with Crippen LogP contribution >= 0.6 is 0 Å². The van der Waals surface area contributed by atoms with Crippen LogP contribution in [0.25, 0.3) is 0 Å². The second-order valence-electron chi connectivity index (χ2n) is 6.07. The molecule has 0 unspecified atom stereocenters. The first-order valence-corrected chi connectivity index (χ1v) is 8.46. The van der Waals surface area contributed by atoms with Gasteiger partial charge in [0.25, 0.3) is 5.91 Å². The Balaban J connectivity index is 1.85. The number of ether oxygens (including phenoxy) is 1. The fourth-order valence-electron chi connectivity index (χ4n) is 2.56. The Bertz CT molecular complexity index is 936. The molecule has 2 N–H and O–H groups in total. The van der Waals surface area contributed by atoms with E-state index in [1.807, 2.05) is 25.1 Å². The molecule has 136 valence electrons. The molecule has 0 aliphatic heterocycles. The van der Waals surface area contributed by atoms with Crippen molar-refractivity contribution < 1.29 is 19.4 Å². The molecule has 3 rings (SSSR count). The van der Waals surface area contributed by atoms with E-state index in [0.29, 0.717) is 11.3 Å². The maximum Gasteiger partial charge on any atom is 0.343 e. The summed E-state index contributed by atoms with van der Waals surface area (Å²) in [7, 11) is 0. The molecule has 5 nitrogen and oxygen atoms in total. The minimum atomic E-state index is -1.15. The lowest BCUT2D eigenvalue weighted by molar-refractivity contribution is -0.125. The van der Waals surface area contributed by atoms with E-state index in [-0.39, 0.29) is 11.3 Å². The summed E-state index contributed by atoms with van der Waals surface area (Å²) in [6, 6.07) is 22.1. The summed E-state index contributed by atoms with van der Waals surface area (Å²) in [4.78, 5) is 25.3. The van der Waals surface area contributed by atoms with E-state index in [1.54, 1.807) is 48.5 Å². The van der Waals surface area contributed by atoms with Gasteiger partial charge in [0.15, 0.2) is 0 Å². The van der Waals surface area contributed by atoms with Crippen molar-refractivity contribution in [3.05, 3.63) is 95.6 Å². The number of nitrogens with one attached hydrogen (secondary N) is 1. The standard InChI is InChI=1S/C22H19NO4/c1-15-11-13-17(14-12-15)23-21(25)20(16-7-3-2-4-8-16)27-22(26)18-9-5-6-10-19(18)24/h2-14,20,24H,1H3,(H,23,25)/t20-/m1/s1. The zero-order valence-corrected chi connectivity index (χ0v) is 14.8. The molecule has 1 amide bonds. The highest BCUT2D eigenvalue weighted by molar-refractivity contribution is 5.99. The summed E-state index contributed by atoms with van der Waals surface area (Å²) < 4.78 is 5.45. The molecule has 0 heterocycles. The average molecular weight is 361 g/mol. The monoisotopic (exact) mass is 361 g/mol. The van der Waals surface area contributed by atoms with Crippen LogP contribution < -0.4 is 5.32 Å². The first kappa shape index (κ1) is 18.2. The molecule has 0 aliphatic carbocycles. The average Bonchev–Trinajstić information content (AvgIpc) is 2.68. The molecule has 0 spiro atoms. The molecule has 5 heteroatoms. The molecule has 0 aliphatic rings. The molecule has 27 heavy (non-hydrogen) atoms. The second kappa shape index (κ2) is 8.19. The number of phenols is 1. The molecule has 0 fully saturated rings. The Morgan fingerprint density at radius 1 is 0.889 bits per heavy atom. The lowest BCUT2D eigenvalue weighted by atomic mass is 10.1. The van der Waals surface area contributed by atoms with Gasteiger partial charge in [-0.15, -0.1) is 0 Å². The van der Waals surface area contributed by atoms with Gasteiger partial charge in [0.05, 0.1) is 0 Å². The molecular weight excluding hydrogens is 342 g/mol. The number of anilines is 1. The van der Waals surface area contributed by atoms with Gasteiger partial charge < -0.3 is 15.2 Å². The van der Waals surface area contributed by atoms with Crippen molar-refractivity contribution >= 4 is 17.6 Å². The number of benzene rings is 3. The summed E-state index contributed by atoms with van der Waals surface area (Å²) in [6.45, 7) is 1.95. The number of esters is 1. The molecule has 0 radical (unpaired) electrons. The molecule has 0 bridgehead atoms. The zero-order chi connectivity index (χ0) is 19.2. The van der Waals surface area contributed by atoms with Crippen molar-refractivity contribution in [3.63, 3.8) is 0 Å². The normalized spacial score (nSPS) is 11.4. The smallest absolute Gasteiger partial charge is 0.343 e. The van der Waals surface area contributed by atoms with Crippen LogP contribution in [0.4, 0.5) is 5.69 Å². The van der Waals surface area contributed by atoms with E-state index in [1.165, 1.54) is 12.1 Å². The molecule has 1 atom stereocenters. The van der Waals surface area contributed by atoms with Crippen LogP contribution in [0.3, 0.4) is 0 Å². The van der Waals surface area contributed by atoms with E-state index < -0.39 is 18.0 Å². The number of phenolic OH excluding ortho intramolecular Hbond substituents is 1. The van der Waals surface area contributed by atoms with Gasteiger partial charge in [-0.2, -0.15) is 0 Å². The van der Waals surface area contributed by atoms with Crippen molar-refractivity contribution in [2.75, 3.05) is 5.32 Å². The number of carbonyl (C=O) groups excluding carboxylic acids is 2. The maximum atomic E-state index is 12.8. The van der Waals surface area contributed by atoms with Crippen molar-refractivity contribution in [1.29, 1.82) is 0 Å². The number of aryl methyl sites for hydroxylation is 1. The van der Waals surface area contributed by atoms with Gasteiger partial charge in [-0.05, 0) is 31.2 Å². The van der Waals surface area contributed by atoms with E-state index in [2.05, 4.69) is 5.32 Å². The third-order valence-corrected chi connectivity index (χ3v) is 4.01. The van der Waals surface area contributed by atoms with E-state index in [0.717, 1.165) is 5.56 Å². The molecule has 0 saturated heterocycles. The third-order valence-electron chi connectivity index (χ3n) is 4.01. The Hall–Kier alpha value is -3.60. The first-order chi connectivity index (χ1) is 13.0. The van der Waals surface area contributed by atoms with Crippen molar-refractivity contribution in [3.8, 4) is 5.75 Å². The maximum absolute atomic E-state index is 12.8. The molecule has 3 aromatic carbocycles. The Labute approximate surface area is 157 Å². The summed E-state index contributed by atoms with van der Waals surface area (Å²) in [5, 5.41) is 12.6. The topological polar surface area (TPSA) is 75.6 Å². The number of amides is 1. The highest BCUT2D eigenvalue weighted by atomic mass is 16.5. The predicted octanol–water partition coefficient (Wildman–Crippen LogP) is 4.24. The van der Waals surface area contributed by atoms with Crippen LogP contribution in [0.5, 0.6) is 5.75 Å². The van der Waals surface area contributed by atoms with E-state index in [4.69, 9.17) is 4.74 Å². The van der Waals surface area contributed by atoms with Gasteiger partial charge in [-0.3, -0.25) is 4.79 Å². The number of hydrogen-bond acceptors (Lipinski definition) is 4. The Morgan fingerprint density at radius 2 is 1.52 bits per heavy atom. The minimum Gasteiger partial charge on any atom is -0.507 e. The summed E-state index contributed by atoms with van der Waals surface area (Å²) >= 11 is 0. The molecular formula is C22H19NO4. The van der Waals surface area contributed by atoms with Crippen molar-refractivity contribution in [2.24, 2.45) is 0 Å². The van der Waals surface area contributed by atoms with Crippen LogP contribution in [0, 0.1) is 6.92 Å². The fourth-order valence-corrected chi connectivity index (χ4v) is 2.56. The lowest BCUT2D eigenvalue weighted by Gasteiger charge is -2.18. The van der Waals surface area contributed by atoms with Gasteiger partial charge in [-0.25, -0.2) is 4.79 Å². The molecule has 3 aromatic rings. The number of aromatic hydroxyl groups is 1. The highest BCUT2D eigenvalue weighted by Crippen LogP contribution is 2.24. The lowest BCUT2D eigenvalue weighted by Crippen LogP contribution is -2.26. The van der Waals surface area contributed by atoms with Crippen LogP contribution in [0.1, 0.15) is 27.6 Å². The van der Waals surface area contributed by atoms with Crippen molar-refractivity contribution in [2.45, 2.75) is 13.0 Å². The van der Waals surface area contributed by atoms with Crippen LogP contribution in [0.15, 0.2) is 78.9 Å². The van der Waals surface area contributed by atoms with Gasteiger partial charge in [0, 0.05) is 11.3 Å². The minimum absolute atomic E-state index is 0.00145. The highest BCUT2D eigenvalue weighted by Gasteiger charge is 2.26. The van der Waals surface area contributed by atoms with Gasteiger partial charge in [-0.1, -0.05) is 60.2 Å². The number of hydrogen-bond donors (Lipinski definition) is 2. The summed E-state index contributed by atoms with van der Waals surface area (Å²) in [5.74, 6) is -1.46. The Kier molecular flexibility index (Phi) is 5.52. The number of rotatable bonds is 5. The van der Waals surface area contributed by atoms with Crippen molar-refractivity contribution in [1.82, 2.24) is 0 Å². The fraction of sp³-hybridized carbons (Fsp3) is 0.0909. The predicted molar refractivity (Wildman–Crippen MR) is 103 cm³/mol. The summed E-state index contributed by atoms with van der Waals surface area (Å²) in [6.07, 6.45) is -1.15. The third kappa shape index (κ3) is 4.52. The molecule has 0 saturated carbocycles. The van der Waals surface area contributed by atoms with Crippen LogP contribution in [0.2, 0.25) is 0 Å². The van der Waals surface area contributed by atoms with Crippen LogP contribution in [-0.4, -0.2) is 17.0 Å². The number of para-hydroxylation sites is 1.